The van der Waals surface area contributed by atoms with E-state index in [0.717, 1.165) is 0 Å². The summed E-state index contributed by atoms with van der Waals surface area (Å²) < 4.78 is 0. The molecule has 0 fully saturated rings. The summed E-state index contributed by atoms with van der Waals surface area (Å²) in [5.74, 6) is -2.56. The molecule has 0 heterocycles. The van der Waals surface area contributed by atoms with Crippen molar-refractivity contribution in [2.24, 2.45) is 5.92 Å². The monoisotopic (exact) mass is 162 g/mol. The molecule has 0 aliphatic carbocycles. The predicted molar refractivity (Wildman–Crippen MR) is 35.8 cm³/mol. The Balaban J connectivity index is 3.70. The Hall–Kier alpha value is -1.10. The standard InChI is InChI=1S/C6H11NO4/c7-3-4(6(10)11)1-2-5(8)9/h4H,1-3,7H2,(H,8,9)(H,10,11)/p+1. The van der Waals surface area contributed by atoms with Crippen molar-refractivity contribution < 1.29 is 25.5 Å². The fraction of sp³-hybridized carbons (Fsp3) is 0.667. The van der Waals surface area contributed by atoms with E-state index in [1.165, 1.54) is 0 Å². The van der Waals surface area contributed by atoms with Gasteiger partial charge in [0.1, 0.15) is 5.92 Å². The lowest BCUT2D eigenvalue weighted by Crippen LogP contribution is -2.55. The molecule has 1 atom stereocenters. The number of carboxylic acids is 2. The van der Waals surface area contributed by atoms with Gasteiger partial charge in [0.2, 0.25) is 0 Å². The first-order valence-corrected chi connectivity index (χ1v) is 3.31. The number of quaternary nitrogens is 1. The fourth-order valence-electron chi connectivity index (χ4n) is 0.689. The smallest absolute Gasteiger partial charge is 0.312 e. The summed E-state index contributed by atoms with van der Waals surface area (Å²) >= 11 is 0. The second-order valence-electron chi connectivity index (χ2n) is 2.26. The van der Waals surface area contributed by atoms with Crippen molar-refractivity contribution in [1.82, 2.24) is 0 Å². The van der Waals surface area contributed by atoms with E-state index in [0.29, 0.717) is 0 Å². The van der Waals surface area contributed by atoms with Crippen LogP contribution in [0.25, 0.3) is 0 Å². The lowest BCUT2D eigenvalue weighted by molar-refractivity contribution is -0.376. The molecule has 0 spiro atoms. The van der Waals surface area contributed by atoms with Crippen molar-refractivity contribution in [3.63, 3.8) is 0 Å². The van der Waals surface area contributed by atoms with Crippen LogP contribution in [-0.4, -0.2) is 28.7 Å². The molecule has 1 unspecified atom stereocenters. The number of carbonyl (C=O) groups is 2. The lowest BCUT2D eigenvalue weighted by atomic mass is 10.0. The molecule has 0 aromatic heterocycles. The predicted octanol–water partition coefficient (Wildman–Crippen LogP) is -1.21. The number of aliphatic carboxylic acids is 2. The first-order chi connectivity index (χ1) is 5.07. The number of hydrogen-bond donors (Lipinski definition) is 3. The normalized spacial score (nSPS) is 12.5. The van der Waals surface area contributed by atoms with Gasteiger partial charge < -0.3 is 15.9 Å². The van der Waals surface area contributed by atoms with Gasteiger partial charge in [0.25, 0.3) is 0 Å². The Morgan fingerprint density at radius 1 is 1.36 bits per heavy atom. The fourth-order valence-corrected chi connectivity index (χ4v) is 0.689. The molecule has 0 saturated carbocycles. The Morgan fingerprint density at radius 3 is 2.18 bits per heavy atom. The highest BCUT2D eigenvalue weighted by atomic mass is 16.4. The van der Waals surface area contributed by atoms with Crippen LogP contribution in [0, 0.1) is 5.92 Å². The Morgan fingerprint density at radius 2 is 1.91 bits per heavy atom. The molecular formula is C6H12NO4+. The number of carboxylic acid groups (broad SMARTS) is 2. The molecule has 0 bridgehead atoms. The average Bonchev–Trinajstić information content (AvgIpc) is 1.87. The van der Waals surface area contributed by atoms with Gasteiger partial charge >= 0.3 is 11.9 Å². The van der Waals surface area contributed by atoms with Gasteiger partial charge in [-0.1, -0.05) is 0 Å². The first kappa shape index (κ1) is 9.90. The zero-order valence-corrected chi connectivity index (χ0v) is 6.12. The van der Waals surface area contributed by atoms with Crippen molar-refractivity contribution in [2.75, 3.05) is 6.54 Å². The third kappa shape index (κ3) is 4.32. The highest BCUT2D eigenvalue weighted by Gasteiger charge is 2.18. The van der Waals surface area contributed by atoms with E-state index in [-0.39, 0.29) is 19.4 Å². The molecule has 0 rings (SSSR count). The van der Waals surface area contributed by atoms with Crippen LogP contribution in [-0.2, 0) is 9.59 Å². The van der Waals surface area contributed by atoms with E-state index >= 15 is 0 Å². The summed E-state index contributed by atoms with van der Waals surface area (Å²) in [6.45, 7) is 0.239. The van der Waals surface area contributed by atoms with Crippen LogP contribution in [0.3, 0.4) is 0 Å². The lowest BCUT2D eigenvalue weighted by Gasteiger charge is -2.03. The molecule has 0 aliphatic rings. The zero-order valence-electron chi connectivity index (χ0n) is 6.12. The second-order valence-corrected chi connectivity index (χ2v) is 2.26. The summed E-state index contributed by atoms with van der Waals surface area (Å²) in [7, 11) is 0. The molecule has 0 radical (unpaired) electrons. The maximum Gasteiger partial charge on any atom is 0.312 e. The summed E-state index contributed by atoms with van der Waals surface area (Å²) in [6, 6.07) is 0. The quantitative estimate of drug-likeness (QED) is 0.472. The van der Waals surface area contributed by atoms with Crippen LogP contribution >= 0.6 is 0 Å². The van der Waals surface area contributed by atoms with Crippen LogP contribution in [0.15, 0.2) is 0 Å². The van der Waals surface area contributed by atoms with E-state index < -0.39 is 17.9 Å². The summed E-state index contributed by atoms with van der Waals surface area (Å²) in [5, 5.41) is 16.7. The molecule has 0 saturated heterocycles. The van der Waals surface area contributed by atoms with Crippen molar-refractivity contribution in [2.45, 2.75) is 12.8 Å². The van der Waals surface area contributed by atoms with Crippen LogP contribution in [0.4, 0.5) is 0 Å². The number of hydrogen-bond acceptors (Lipinski definition) is 2. The van der Waals surface area contributed by atoms with Crippen molar-refractivity contribution in [3.05, 3.63) is 0 Å². The van der Waals surface area contributed by atoms with Gasteiger partial charge in [-0.25, -0.2) is 0 Å². The topological polar surface area (TPSA) is 102 Å². The SMILES string of the molecule is [NH3+]CC(CCC(=O)O)C(=O)O. The minimum Gasteiger partial charge on any atom is -0.481 e. The molecule has 11 heavy (non-hydrogen) atoms. The Labute approximate surface area is 63.8 Å². The van der Waals surface area contributed by atoms with E-state index in [2.05, 4.69) is 5.73 Å². The molecule has 5 N–H and O–H groups in total. The highest BCUT2D eigenvalue weighted by molar-refractivity contribution is 5.72. The highest BCUT2D eigenvalue weighted by Crippen LogP contribution is 2.03. The molecule has 5 nitrogen and oxygen atoms in total. The minimum absolute atomic E-state index is 0.105. The van der Waals surface area contributed by atoms with Gasteiger partial charge in [-0.05, 0) is 6.42 Å². The molecular weight excluding hydrogens is 150 g/mol. The summed E-state index contributed by atoms with van der Waals surface area (Å²) in [5.41, 5.74) is 3.41. The summed E-state index contributed by atoms with van der Waals surface area (Å²) in [4.78, 5) is 20.3. The van der Waals surface area contributed by atoms with Crippen LogP contribution < -0.4 is 5.73 Å². The maximum atomic E-state index is 10.3. The van der Waals surface area contributed by atoms with Gasteiger partial charge in [-0.15, -0.1) is 0 Å². The maximum absolute atomic E-state index is 10.3. The molecule has 0 amide bonds. The van der Waals surface area contributed by atoms with Gasteiger partial charge in [0.05, 0.1) is 6.54 Å². The van der Waals surface area contributed by atoms with Crippen molar-refractivity contribution in [1.29, 1.82) is 0 Å². The van der Waals surface area contributed by atoms with Crippen LogP contribution in [0.2, 0.25) is 0 Å². The molecule has 5 heteroatoms. The minimum atomic E-state index is -0.971. The van der Waals surface area contributed by atoms with E-state index in [4.69, 9.17) is 10.2 Å². The molecule has 64 valence electrons. The molecule has 0 aromatic carbocycles. The van der Waals surface area contributed by atoms with E-state index in [1.807, 2.05) is 0 Å². The number of rotatable bonds is 5. The first-order valence-electron chi connectivity index (χ1n) is 3.31. The Kier molecular flexibility index (Phi) is 4.21. The van der Waals surface area contributed by atoms with E-state index in [9.17, 15) is 9.59 Å². The largest absolute Gasteiger partial charge is 0.481 e. The van der Waals surface area contributed by atoms with Gasteiger partial charge in [0.15, 0.2) is 0 Å². The molecule has 0 aromatic rings. The third-order valence-corrected chi connectivity index (χ3v) is 1.40. The van der Waals surface area contributed by atoms with Gasteiger partial charge in [-0.2, -0.15) is 0 Å². The molecule has 0 aliphatic heterocycles. The van der Waals surface area contributed by atoms with Gasteiger partial charge in [-0.3, -0.25) is 9.59 Å². The summed E-state index contributed by atoms with van der Waals surface area (Å²) in [6.07, 6.45) is 0.0562. The Bertz CT molecular complexity index is 157. The van der Waals surface area contributed by atoms with Crippen LogP contribution in [0.5, 0.6) is 0 Å². The van der Waals surface area contributed by atoms with E-state index in [1.54, 1.807) is 0 Å². The average molecular weight is 162 g/mol. The van der Waals surface area contributed by atoms with Gasteiger partial charge in [0, 0.05) is 6.42 Å². The van der Waals surface area contributed by atoms with Crippen molar-refractivity contribution in [3.8, 4) is 0 Å². The third-order valence-electron chi connectivity index (χ3n) is 1.40. The van der Waals surface area contributed by atoms with Crippen LogP contribution in [0.1, 0.15) is 12.8 Å². The zero-order chi connectivity index (χ0) is 8.85. The second kappa shape index (κ2) is 4.68. The van der Waals surface area contributed by atoms with Crippen molar-refractivity contribution >= 4 is 11.9 Å².